The highest BCUT2D eigenvalue weighted by Gasteiger charge is 2.54. The van der Waals surface area contributed by atoms with Gasteiger partial charge in [-0.05, 0) is 42.2 Å². The molecule has 2 fully saturated rings. The lowest BCUT2D eigenvalue weighted by Gasteiger charge is -2.44. The maximum absolute atomic E-state index is 13.9. The number of hydrogen-bond donors (Lipinski definition) is 1. The normalized spacial score (nSPS) is 19.3. The zero-order valence-electron chi connectivity index (χ0n) is 20.7. The number of rotatable bonds is 6. The molecule has 1 N–H and O–H groups in total. The number of aryl methyl sites for hydroxylation is 1. The second kappa shape index (κ2) is 10.6. The molecule has 0 saturated carbocycles. The van der Waals surface area contributed by atoms with E-state index >= 15 is 0 Å². The number of aromatic nitrogens is 1. The van der Waals surface area contributed by atoms with Crippen molar-refractivity contribution in [1.29, 1.82) is 0 Å². The SMILES string of the molecule is Cc1ccccc1C(=O)N1C(C(=O)NCc2ccncc2)COC12CCN(C(=O)CC(C)C)CC2. The summed E-state index contributed by atoms with van der Waals surface area (Å²) in [7, 11) is 0. The largest absolute Gasteiger partial charge is 0.353 e. The molecule has 2 aliphatic heterocycles. The second-order valence-electron chi connectivity index (χ2n) is 9.82. The van der Waals surface area contributed by atoms with Crippen LogP contribution in [0.25, 0.3) is 0 Å². The smallest absolute Gasteiger partial charge is 0.257 e. The number of ether oxygens (including phenoxy) is 1. The maximum Gasteiger partial charge on any atom is 0.257 e. The summed E-state index contributed by atoms with van der Waals surface area (Å²) < 4.78 is 6.27. The van der Waals surface area contributed by atoms with E-state index in [0.717, 1.165) is 11.1 Å². The fourth-order valence-electron chi connectivity index (χ4n) is 4.90. The molecule has 8 nitrogen and oxygen atoms in total. The van der Waals surface area contributed by atoms with Crippen molar-refractivity contribution in [2.75, 3.05) is 19.7 Å². The van der Waals surface area contributed by atoms with Gasteiger partial charge >= 0.3 is 0 Å². The Balaban J connectivity index is 1.56. The molecule has 186 valence electrons. The molecule has 2 saturated heterocycles. The third kappa shape index (κ3) is 5.37. The molecular weight excluding hydrogens is 444 g/mol. The lowest BCUT2D eigenvalue weighted by Crippen LogP contribution is -2.59. The quantitative estimate of drug-likeness (QED) is 0.689. The molecule has 0 bridgehead atoms. The first-order valence-electron chi connectivity index (χ1n) is 12.3. The number of piperidine rings is 1. The van der Waals surface area contributed by atoms with Crippen molar-refractivity contribution in [1.82, 2.24) is 20.1 Å². The summed E-state index contributed by atoms with van der Waals surface area (Å²) in [6, 6.07) is 10.3. The Kier molecular flexibility index (Phi) is 7.50. The van der Waals surface area contributed by atoms with Crippen molar-refractivity contribution < 1.29 is 19.1 Å². The summed E-state index contributed by atoms with van der Waals surface area (Å²) in [5.74, 6) is -0.0597. The molecule has 0 radical (unpaired) electrons. The number of hydrogen-bond acceptors (Lipinski definition) is 5. The molecule has 1 aromatic heterocycles. The number of benzene rings is 1. The molecular formula is C27H34N4O4. The van der Waals surface area contributed by atoms with Crippen molar-refractivity contribution in [3.05, 3.63) is 65.5 Å². The molecule has 3 amide bonds. The predicted molar refractivity (Wildman–Crippen MR) is 131 cm³/mol. The highest BCUT2D eigenvalue weighted by Crippen LogP contribution is 2.39. The lowest BCUT2D eigenvalue weighted by atomic mass is 9.95. The average Bonchev–Trinajstić information content (AvgIpc) is 3.21. The highest BCUT2D eigenvalue weighted by molar-refractivity contribution is 5.99. The molecule has 1 aromatic carbocycles. The van der Waals surface area contributed by atoms with Gasteiger partial charge in [0.2, 0.25) is 11.8 Å². The van der Waals surface area contributed by atoms with Crippen LogP contribution in [0.2, 0.25) is 0 Å². The molecule has 0 aliphatic carbocycles. The van der Waals surface area contributed by atoms with Crippen molar-refractivity contribution in [3.63, 3.8) is 0 Å². The lowest BCUT2D eigenvalue weighted by molar-refractivity contribution is -0.144. The van der Waals surface area contributed by atoms with Crippen molar-refractivity contribution >= 4 is 17.7 Å². The zero-order chi connectivity index (χ0) is 25.0. The first-order chi connectivity index (χ1) is 16.8. The number of likely N-dealkylation sites (tertiary alicyclic amines) is 1. The van der Waals surface area contributed by atoms with Crippen LogP contribution in [0, 0.1) is 12.8 Å². The first-order valence-corrected chi connectivity index (χ1v) is 12.3. The Labute approximate surface area is 206 Å². The van der Waals surface area contributed by atoms with E-state index in [4.69, 9.17) is 4.74 Å². The minimum atomic E-state index is -0.910. The summed E-state index contributed by atoms with van der Waals surface area (Å²) in [6.07, 6.45) is 4.81. The van der Waals surface area contributed by atoms with Crippen molar-refractivity contribution in [3.8, 4) is 0 Å². The van der Waals surface area contributed by atoms with Crippen LogP contribution < -0.4 is 5.32 Å². The van der Waals surface area contributed by atoms with E-state index in [-0.39, 0.29) is 30.2 Å². The minimum absolute atomic E-state index is 0.122. The van der Waals surface area contributed by atoms with Crippen LogP contribution in [0.4, 0.5) is 0 Å². The van der Waals surface area contributed by atoms with E-state index in [2.05, 4.69) is 10.3 Å². The van der Waals surface area contributed by atoms with Gasteiger partial charge in [-0.15, -0.1) is 0 Å². The number of carbonyl (C=O) groups excluding carboxylic acids is 3. The topological polar surface area (TPSA) is 91.8 Å². The van der Waals surface area contributed by atoms with Gasteiger partial charge in [0.05, 0.1) is 6.61 Å². The number of carbonyl (C=O) groups is 3. The maximum atomic E-state index is 13.9. The van der Waals surface area contributed by atoms with E-state index in [1.807, 2.05) is 56.0 Å². The van der Waals surface area contributed by atoms with Crippen molar-refractivity contribution in [2.24, 2.45) is 5.92 Å². The van der Waals surface area contributed by atoms with Crippen LogP contribution in [0.1, 0.15) is 54.6 Å². The zero-order valence-corrected chi connectivity index (χ0v) is 20.7. The first kappa shape index (κ1) is 24.9. The van der Waals surface area contributed by atoms with Crippen LogP contribution in [0.15, 0.2) is 48.8 Å². The van der Waals surface area contributed by atoms with Gasteiger partial charge in [-0.1, -0.05) is 32.0 Å². The van der Waals surface area contributed by atoms with E-state index in [1.54, 1.807) is 23.4 Å². The molecule has 8 heteroatoms. The Morgan fingerprint density at radius 2 is 1.80 bits per heavy atom. The summed E-state index contributed by atoms with van der Waals surface area (Å²) in [6.45, 7) is 7.41. The third-order valence-corrected chi connectivity index (χ3v) is 6.85. The molecule has 3 heterocycles. The fourth-order valence-corrected chi connectivity index (χ4v) is 4.90. The molecule has 1 spiro atoms. The third-order valence-electron chi connectivity index (χ3n) is 6.85. The Bertz CT molecular complexity index is 1060. The summed E-state index contributed by atoms with van der Waals surface area (Å²) in [4.78, 5) is 47.3. The molecule has 1 atom stereocenters. The molecule has 2 aliphatic rings. The fraction of sp³-hybridized carbons (Fsp3) is 0.481. The molecule has 1 unspecified atom stereocenters. The van der Waals surface area contributed by atoms with Gasteiger partial charge < -0.3 is 15.0 Å². The van der Waals surface area contributed by atoms with Gasteiger partial charge in [0.15, 0.2) is 0 Å². The number of nitrogens with one attached hydrogen (secondary N) is 1. The van der Waals surface area contributed by atoms with Crippen LogP contribution in [-0.4, -0.2) is 64.0 Å². The van der Waals surface area contributed by atoms with E-state index in [9.17, 15) is 14.4 Å². The monoisotopic (exact) mass is 478 g/mol. The van der Waals surface area contributed by atoms with Gasteiger partial charge in [0, 0.05) is 56.9 Å². The Morgan fingerprint density at radius 1 is 1.11 bits per heavy atom. The van der Waals surface area contributed by atoms with E-state index in [1.165, 1.54) is 0 Å². The highest BCUT2D eigenvalue weighted by atomic mass is 16.5. The Hall–Kier alpha value is -3.26. The minimum Gasteiger partial charge on any atom is -0.353 e. The molecule has 2 aromatic rings. The standard InChI is InChI=1S/C27H34N4O4/c1-19(2)16-24(32)30-14-10-27(11-15-30)31(26(34)22-7-5-4-6-20(22)3)23(18-35-27)25(33)29-17-21-8-12-28-13-9-21/h4-9,12-13,19,23H,10-11,14-18H2,1-3H3,(H,29,33). The van der Waals surface area contributed by atoms with Gasteiger partial charge in [-0.25, -0.2) is 0 Å². The average molecular weight is 479 g/mol. The van der Waals surface area contributed by atoms with Crippen LogP contribution in [0.5, 0.6) is 0 Å². The number of pyridine rings is 1. The second-order valence-corrected chi connectivity index (χ2v) is 9.82. The van der Waals surface area contributed by atoms with Gasteiger partial charge in [-0.3, -0.25) is 24.3 Å². The van der Waals surface area contributed by atoms with Crippen LogP contribution in [0.3, 0.4) is 0 Å². The summed E-state index contributed by atoms with van der Waals surface area (Å²) in [5, 5.41) is 2.96. The molecule has 4 rings (SSSR count). The van der Waals surface area contributed by atoms with E-state index < -0.39 is 11.8 Å². The summed E-state index contributed by atoms with van der Waals surface area (Å²) >= 11 is 0. The van der Waals surface area contributed by atoms with Gasteiger partial charge in [0.1, 0.15) is 11.8 Å². The van der Waals surface area contributed by atoms with Gasteiger partial charge in [0.25, 0.3) is 5.91 Å². The van der Waals surface area contributed by atoms with Crippen molar-refractivity contribution in [2.45, 2.75) is 58.3 Å². The van der Waals surface area contributed by atoms with Gasteiger partial charge in [-0.2, -0.15) is 0 Å². The predicted octanol–water partition coefficient (Wildman–Crippen LogP) is 2.91. The van der Waals surface area contributed by atoms with E-state index in [0.29, 0.717) is 44.5 Å². The number of nitrogens with zero attached hydrogens (tertiary/aromatic N) is 3. The van der Waals surface area contributed by atoms with Crippen LogP contribution in [-0.2, 0) is 20.9 Å². The Morgan fingerprint density at radius 3 is 2.46 bits per heavy atom. The molecule has 35 heavy (non-hydrogen) atoms. The summed E-state index contributed by atoms with van der Waals surface area (Å²) in [5.41, 5.74) is 1.42. The number of amides is 3. The van der Waals surface area contributed by atoms with Crippen LogP contribution >= 0.6 is 0 Å².